The maximum atomic E-state index is 5.99. The molecule has 0 aliphatic rings. The highest BCUT2D eigenvalue weighted by Gasteiger charge is 2.20. The zero-order valence-electron chi connectivity index (χ0n) is 16.5. The molecule has 0 saturated carbocycles. The molecule has 29 heavy (non-hydrogen) atoms. The zero-order valence-corrected chi connectivity index (χ0v) is 16.5. The highest BCUT2D eigenvalue weighted by molar-refractivity contribution is 5.80. The second-order valence-electron chi connectivity index (χ2n) is 6.46. The van der Waals surface area contributed by atoms with Crippen molar-refractivity contribution in [1.29, 1.82) is 0 Å². The third-order valence-electron chi connectivity index (χ3n) is 4.41. The molecule has 9 nitrogen and oxygen atoms in total. The van der Waals surface area contributed by atoms with E-state index in [-0.39, 0.29) is 0 Å². The van der Waals surface area contributed by atoms with E-state index in [2.05, 4.69) is 15.0 Å². The molecule has 0 aromatic carbocycles. The second kappa shape index (κ2) is 7.80. The minimum atomic E-state index is 0.386. The number of nitrogen functional groups attached to an aromatic ring is 1. The van der Waals surface area contributed by atoms with Crippen molar-refractivity contribution >= 4 is 11.5 Å². The molecular formula is C20H21N7O2. The molecule has 4 heterocycles. The van der Waals surface area contributed by atoms with Crippen LogP contribution in [0.1, 0.15) is 11.5 Å². The van der Waals surface area contributed by atoms with E-state index in [1.807, 2.05) is 18.2 Å². The van der Waals surface area contributed by atoms with Crippen LogP contribution in [0.4, 0.5) is 5.82 Å². The van der Waals surface area contributed by atoms with Gasteiger partial charge in [0.05, 0.1) is 25.1 Å². The van der Waals surface area contributed by atoms with E-state index < -0.39 is 0 Å². The molecule has 0 atom stereocenters. The number of aromatic nitrogens is 6. The third-order valence-corrected chi connectivity index (χ3v) is 4.41. The summed E-state index contributed by atoms with van der Waals surface area (Å²) in [6, 6.07) is 9.29. The molecule has 0 saturated heterocycles. The van der Waals surface area contributed by atoms with E-state index in [4.69, 9.17) is 25.3 Å². The van der Waals surface area contributed by atoms with Gasteiger partial charge in [-0.1, -0.05) is 0 Å². The minimum Gasteiger partial charge on any atom is -0.481 e. The van der Waals surface area contributed by atoms with Crippen molar-refractivity contribution in [3.8, 4) is 28.5 Å². The molecule has 4 aromatic heterocycles. The smallest absolute Gasteiger partial charge is 0.212 e. The normalized spacial score (nSPS) is 11.1. The third kappa shape index (κ3) is 3.72. The summed E-state index contributed by atoms with van der Waals surface area (Å²) < 4.78 is 12.1. The van der Waals surface area contributed by atoms with Crippen LogP contribution >= 0.6 is 0 Å². The SMILES string of the molecule is COCCc1ccc2nc(-c3ccc(OC)nc3)c(-c3cc(N)nc(C)n3)n2n1. The average Bonchev–Trinajstić information content (AvgIpc) is 3.10. The molecule has 0 spiro atoms. The first-order chi connectivity index (χ1) is 14.1. The summed E-state index contributed by atoms with van der Waals surface area (Å²) in [5, 5.41) is 4.76. The predicted molar refractivity (Wildman–Crippen MR) is 109 cm³/mol. The van der Waals surface area contributed by atoms with Gasteiger partial charge in [0.1, 0.15) is 23.0 Å². The molecule has 4 aromatic rings. The van der Waals surface area contributed by atoms with Gasteiger partial charge in [-0.05, 0) is 25.1 Å². The summed E-state index contributed by atoms with van der Waals surface area (Å²) >= 11 is 0. The highest BCUT2D eigenvalue weighted by atomic mass is 16.5. The Morgan fingerprint density at radius 3 is 2.62 bits per heavy atom. The first-order valence-electron chi connectivity index (χ1n) is 9.08. The summed E-state index contributed by atoms with van der Waals surface area (Å²) in [5.74, 6) is 1.49. The van der Waals surface area contributed by atoms with E-state index in [1.54, 1.807) is 44.0 Å². The Morgan fingerprint density at radius 2 is 1.93 bits per heavy atom. The van der Waals surface area contributed by atoms with Crippen LogP contribution in [0, 0.1) is 6.92 Å². The van der Waals surface area contributed by atoms with Gasteiger partial charge in [-0.3, -0.25) is 0 Å². The number of rotatable bonds is 6. The lowest BCUT2D eigenvalue weighted by atomic mass is 10.1. The number of hydrogen-bond acceptors (Lipinski definition) is 8. The number of fused-ring (bicyclic) bond motifs is 1. The molecule has 0 aliphatic heterocycles. The summed E-state index contributed by atoms with van der Waals surface area (Å²) in [6.45, 7) is 2.38. The monoisotopic (exact) mass is 391 g/mol. The summed E-state index contributed by atoms with van der Waals surface area (Å²) in [4.78, 5) is 17.8. The minimum absolute atomic E-state index is 0.386. The molecule has 2 N–H and O–H groups in total. The lowest BCUT2D eigenvalue weighted by Gasteiger charge is -2.07. The number of nitrogens with two attached hydrogens (primary N) is 1. The summed E-state index contributed by atoms with van der Waals surface area (Å²) in [6.07, 6.45) is 2.40. The number of ether oxygens (including phenoxy) is 2. The molecule has 0 unspecified atom stereocenters. The topological polar surface area (TPSA) is 113 Å². The van der Waals surface area contributed by atoms with Gasteiger partial charge in [-0.2, -0.15) is 5.10 Å². The number of anilines is 1. The maximum Gasteiger partial charge on any atom is 0.212 e. The molecule has 9 heteroatoms. The Bertz CT molecular complexity index is 1140. The fourth-order valence-electron chi connectivity index (χ4n) is 3.10. The Labute approximate surface area is 167 Å². The molecule has 0 aliphatic carbocycles. The van der Waals surface area contributed by atoms with Crippen molar-refractivity contribution in [1.82, 2.24) is 29.5 Å². The Hall–Kier alpha value is -3.59. The Morgan fingerprint density at radius 1 is 1.07 bits per heavy atom. The molecule has 0 bridgehead atoms. The largest absolute Gasteiger partial charge is 0.481 e. The average molecular weight is 391 g/mol. The van der Waals surface area contributed by atoms with Gasteiger partial charge in [0.25, 0.3) is 0 Å². The van der Waals surface area contributed by atoms with Crippen molar-refractivity contribution in [3.63, 3.8) is 0 Å². The number of methoxy groups -OCH3 is 2. The van der Waals surface area contributed by atoms with Gasteiger partial charge in [-0.15, -0.1) is 0 Å². The lowest BCUT2D eigenvalue weighted by molar-refractivity contribution is 0.201. The number of aryl methyl sites for hydroxylation is 1. The van der Waals surface area contributed by atoms with Crippen LogP contribution in [0.2, 0.25) is 0 Å². The first kappa shape index (κ1) is 18.8. The number of hydrogen-bond donors (Lipinski definition) is 1. The van der Waals surface area contributed by atoms with E-state index in [0.29, 0.717) is 47.6 Å². The van der Waals surface area contributed by atoms with Crippen LogP contribution in [0.15, 0.2) is 36.5 Å². The van der Waals surface area contributed by atoms with Crippen LogP contribution < -0.4 is 10.5 Å². The zero-order chi connectivity index (χ0) is 20.4. The van der Waals surface area contributed by atoms with Crippen LogP contribution in [-0.4, -0.2) is 50.4 Å². The van der Waals surface area contributed by atoms with Crippen molar-refractivity contribution in [2.24, 2.45) is 0 Å². The quantitative estimate of drug-likeness (QED) is 0.533. The van der Waals surface area contributed by atoms with Crippen molar-refractivity contribution in [2.45, 2.75) is 13.3 Å². The van der Waals surface area contributed by atoms with Crippen LogP contribution in [0.3, 0.4) is 0 Å². The van der Waals surface area contributed by atoms with Crippen molar-refractivity contribution < 1.29 is 9.47 Å². The van der Waals surface area contributed by atoms with Gasteiger partial charge in [0, 0.05) is 37.4 Å². The van der Waals surface area contributed by atoms with E-state index >= 15 is 0 Å². The van der Waals surface area contributed by atoms with Gasteiger partial charge in [0.2, 0.25) is 5.88 Å². The van der Waals surface area contributed by atoms with E-state index in [1.165, 1.54) is 0 Å². The molecule has 4 rings (SSSR count). The lowest BCUT2D eigenvalue weighted by Crippen LogP contribution is -2.04. The van der Waals surface area contributed by atoms with Crippen LogP contribution in [0.5, 0.6) is 5.88 Å². The molecule has 0 amide bonds. The highest BCUT2D eigenvalue weighted by Crippen LogP contribution is 2.32. The second-order valence-corrected chi connectivity index (χ2v) is 6.46. The fraction of sp³-hybridized carbons (Fsp3) is 0.250. The van der Waals surface area contributed by atoms with Gasteiger partial charge in [-0.25, -0.2) is 24.5 Å². The maximum absolute atomic E-state index is 5.99. The molecule has 0 radical (unpaired) electrons. The van der Waals surface area contributed by atoms with E-state index in [0.717, 1.165) is 17.0 Å². The Kier molecular flexibility index (Phi) is 5.05. The number of imidazole rings is 1. The first-order valence-corrected chi connectivity index (χ1v) is 9.08. The molecule has 0 fully saturated rings. The van der Waals surface area contributed by atoms with Gasteiger partial charge < -0.3 is 15.2 Å². The standard InChI is InChI=1S/C20H21N7O2/c1-12-23-15(10-16(21)24-12)20-19(13-4-7-18(29-3)22-11-13)25-17-6-5-14(8-9-28-2)26-27(17)20/h4-7,10-11H,8-9H2,1-3H3,(H2,21,23,24). The van der Waals surface area contributed by atoms with Crippen molar-refractivity contribution in [3.05, 3.63) is 48.0 Å². The Balaban J connectivity index is 1.95. The predicted octanol–water partition coefficient (Wildman–Crippen LogP) is 2.34. The van der Waals surface area contributed by atoms with E-state index in [9.17, 15) is 0 Å². The van der Waals surface area contributed by atoms with Gasteiger partial charge >= 0.3 is 0 Å². The fourth-order valence-corrected chi connectivity index (χ4v) is 3.10. The van der Waals surface area contributed by atoms with Crippen LogP contribution in [-0.2, 0) is 11.2 Å². The molecule has 148 valence electrons. The van der Waals surface area contributed by atoms with Crippen LogP contribution in [0.25, 0.3) is 28.3 Å². The number of nitrogens with zero attached hydrogens (tertiary/aromatic N) is 6. The summed E-state index contributed by atoms with van der Waals surface area (Å²) in [5.41, 5.74) is 10.5. The number of pyridine rings is 1. The molecular weight excluding hydrogens is 370 g/mol. The van der Waals surface area contributed by atoms with Gasteiger partial charge in [0.15, 0.2) is 5.65 Å². The summed E-state index contributed by atoms with van der Waals surface area (Å²) in [7, 11) is 3.25. The van der Waals surface area contributed by atoms with Crippen molar-refractivity contribution in [2.75, 3.05) is 26.6 Å².